The predicted molar refractivity (Wildman–Crippen MR) is 121 cm³/mol. The minimum atomic E-state index is 0.545. The fraction of sp³-hybridized carbons (Fsp3) is 0.238. The minimum absolute atomic E-state index is 0.545. The molecule has 146 valence electrons. The number of nitrogens with one attached hydrogen (secondary N) is 1. The Morgan fingerprint density at radius 2 is 2.04 bits per heavy atom. The number of halogens is 2. The molecule has 0 aliphatic rings. The van der Waals surface area contributed by atoms with E-state index in [0.29, 0.717) is 15.2 Å². The molecule has 28 heavy (non-hydrogen) atoms. The van der Waals surface area contributed by atoms with Gasteiger partial charge in [-0.15, -0.1) is 0 Å². The van der Waals surface area contributed by atoms with Crippen LogP contribution in [0.3, 0.4) is 0 Å². The molecule has 7 heteroatoms. The van der Waals surface area contributed by atoms with Gasteiger partial charge in [0.1, 0.15) is 0 Å². The van der Waals surface area contributed by atoms with Gasteiger partial charge in [0.2, 0.25) is 0 Å². The number of thiocarbonyl (C=S) groups is 1. The summed E-state index contributed by atoms with van der Waals surface area (Å²) in [6, 6.07) is 13.7. The molecule has 4 nitrogen and oxygen atoms in total. The largest absolute Gasteiger partial charge is 0.345 e. The van der Waals surface area contributed by atoms with Crippen LogP contribution in [0.5, 0.6) is 0 Å². The van der Waals surface area contributed by atoms with E-state index in [1.54, 1.807) is 18.3 Å². The summed E-state index contributed by atoms with van der Waals surface area (Å²) in [5, 5.41) is 5.05. The highest BCUT2D eigenvalue weighted by molar-refractivity contribution is 7.80. The normalized spacial score (nSPS) is 10.7. The monoisotopic (exact) mass is 432 g/mol. The lowest BCUT2D eigenvalue weighted by Gasteiger charge is -2.27. The molecule has 0 saturated carbocycles. The average molecular weight is 433 g/mol. The Kier molecular flexibility index (Phi) is 7.31. The lowest BCUT2D eigenvalue weighted by molar-refractivity contribution is 0.395. The van der Waals surface area contributed by atoms with Crippen LogP contribution in [0, 0.1) is 6.92 Å². The van der Waals surface area contributed by atoms with Crippen LogP contribution in [0.2, 0.25) is 10.0 Å². The number of rotatable bonds is 7. The quantitative estimate of drug-likeness (QED) is 0.479. The summed E-state index contributed by atoms with van der Waals surface area (Å²) >= 11 is 18.0. The fourth-order valence-corrected chi connectivity index (χ4v) is 3.62. The molecule has 3 rings (SSSR count). The van der Waals surface area contributed by atoms with Crippen molar-refractivity contribution < 1.29 is 0 Å². The molecule has 1 heterocycles. The molecule has 0 amide bonds. The van der Waals surface area contributed by atoms with Gasteiger partial charge in [-0.05, 0) is 54.9 Å². The first-order chi connectivity index (χ1) is 13.5. The van der Waals surface area contributed by atoms with Crippen LogP contribution in [-0.2, 0) is 13.1 Å². The van der Waals surface area contributed by atoms with E-state index in [1.165, 1.54) is 11.1 Å². The van der Waals surface area contributed by atoms with Crippen LogP contribution >= 0.6 is 35.4 Å². The van der Waals surface area contributed by atoms with Gasteiger partial charge in [-0.1, -0.05) is 47.5 Å². The maximum Gasteiger partial charge on any atom is 0.173 e. The van der Waals surface area contributed by atoms with Gasteiger partial charge >= 0.3 is 0 Å². The van der Waals surface area contributed by atoms with Crippen molar-refractivity contribution >= 4 is 46.2 Å². The molecule has 2 aromatic carbocycles. The highest BCUT2D eigenvalue weighted by Crippen LogP contribution is 2.26. The van der Waals surface area contributed by atoms with Gasteiger partial charge in [-0.3, -0.25) is 0 Å². The van der Waals surface area contributed by atoms with Gasteiger partial charge in [-0.2, -0.15) is 0 Å². The van der Waals surface area contributed by atoms with Gasteiger partial charge in [0.25, 0.3) is 0 Å². The van der Waals surface area contributed by atoms with Gasteiger partial charge in [0, 0.05) is 37.1 Å². The average Bonchev–Trinajstić information content (AvgIpc) is 3.18. The molecule has 1 N–H and O–H groups in total. The summed E-state index contributed by atoms with van der Waals surface area (Å²) in [6.45, 7) is 4.54. The molecule has 0 saturated heterocycles. The van der Waals surface area contributed by atoms with Crippen molar-refractivity contribution in [1.82, 2.24) is 14.5 Å². The van der Waals surface area contributed by atoms with Crippen LogP contribution in [0.25, 0.3) is 0 Å². The van der Waals surface area contributed by atoms with Gasteiger partial charge in [-0.25, -0.2) is 4.98 Å². The molecule has 0 bridgehead atoms. The van der Waals surface area contributed by atoms with Crippen molar-refractivity contribution in [3.63, 3.8) is 0 Å². The maximum atomic E-state index is 6.30. The summed E-state index contributed by atoms with van der Waals surface area (Å²) in [4.78, 5) is 6.26. The molecule has 0 radical (unpaired) electrons. The topological polar surface area (TPSA) is 33.1 Å². The Balaban J connectivity index is 1.71. The van der Waals surface area contributed by atoms with E-state index in [4.69, 9.17) is 35.4 Å². The number of benzene rings is 2. The number of nitrogens with zero attached hydrogens (tertiary/aromatic N) is 3. The third-order valence-electron chi connectivity index (χ3n) is 4.49. The van der Waals surface area contributed by atoms with Crippen LogP contribution < -0.4 is 5.32 Å². The summed E-state index contributed by atoms with van der Waals surface area (Å²) < 4.78 is 2.07. The first kappa shape index (κ1) is 20.6. The first-order valence-corrected chi connectivity index (χ1v) is 10.2. The molecule has 0 unspecified atom stereocenters. The van der Waals surface area contributed by atoms with Crippen molar-refractivity contribution in [3.05, 3.63) is 82.4 Å². The number of hydrogen-bond acceptors (Lipinski definition) is 2. The number of imidazole rings is 1. The molecule has 0 aliphatic carbocycles. The van der Waals surface area contributed by atoms with E-state index in [0.717, 1.165) is 31.7 Å². The second-order valence-corrected chi connectivity index (χ2v) is 7.79. The molecule has 0 spiro atoms. The molecule has 0 atom stereocenters. The molecule has 3 aromatic rings. The van der Waals surface area contributed by atoms with Gasteiger partial charge in [0.15, 0.2) is 5.11 Å². The third-order valence-corrected chi connectivity index (χ3v) is 5.39. The van der Waals surface area contributed by atoms with Crippen LogP contribution in [0.4, 0.5) is 5.69 Å². The van der Waals surface area contributed by atoms with E-state index >= 15 is 0 Å². The van der Waals surface area contributed by atoms with Crippen molar-refractivity contribution in [1.29, 1.82) is 0 Å². The van der Waals surface area contributed by atoms with E-state index in [-0.39, 0.29) is 0 Å². The zero-order valence-electron chi connectivity index (χ0n) is 15.6. The van der Waals surface area contributed by atoms with Gasteiger partial charge < -0.3 is 14.8 Å². The van der Waals surface area contributed by atoms with E-state index in [2.05, 4.69) is 44.9 Å². The van der Waals surface area contributed by atoms with E-state index < -0.39 is 0 Å². The van der Waals surface area contributed by atoms with Crippen molar-refractivity contribution in [2.75, 3.05) is 11.9 Å². The highest BCUT2D eigenvalue weighted by atomic mass is 35.5. The van der Waals surface area contributed by atoms with E-state index in [1.807, 2.05) is 24.7 Å². The Morgan fingerprint density at radius 1 is 1.21 bits per heavy atom. The molecule has 1 aromatic heterocycles. The Bertz CT molecular complexity index is 928. The SMILES string of the molecule is Cc1ccccc1CN(CCCn1ccnc1)C(=S)Nc1ccc(Cl)cc1Cl. The summed E-state index contributed by atoms with van der Waals surface area (Å²) in [7, 11) is 0. The number of anilines is 1. The van der Waals surface area contributed by atoms with Crippen LogP contribution in [0.15, 0.2) is 61.2 Å². The Hall–Kier alpha value is -2.08. The molecule has 0 fully saturated rings. The lowest BCUT2D eigenvalue weighted by atomic mass is 10.1. The zero-order valence-corrected chi connectivity index (χ0v) is 17.9. The fourth-order valence-electron chi connectivity index (χ4n) is 2.89. The summed E-state index contributed by atoms with van der Waals surface area (Å²) in [5.41, 5.74) is 3.24. The summed E-state index contributed by atoms with van der Waals surface area (Å²) in [5.74, 6) is 0. The minimum Gasteiger partial charge on any atom is -0.345 e. The van der Waals surface area contributed by atoms with E-state index in [9.17, 15) is 0 Å². The molecular weight excluding hydrogens is 411 g/mol. The van der Waals surface area contributed by atoms with Crippen molar-refractivity contribution in [2.45, 2.75) is 26.4 Å². The molecule has 0 aliphatic heterocycles. The van der Waals surface area contributed by atoms with Crippen LogP contribution in [0.1, 0.15) is 17.5 Å². The predicted octanol–water partition coefficient (Wildman–Crippen LogP) is 5.79. The van der Waals surface area contributed by atoms with Crippen molar-refractivity contribution in [3.8, 4) is 0 Å². The van der Waals surface area contributed by atoms with Crippen LogP contribution in [-0.4, -0.2) is 26.1 Å². The third kappa shape index (κ3) is 5.71. The number of aryl methyl sites for hydroxylation is 2. The smallest absolute Gasteiger partial charge is 0.173 e. The molecular formula is C21H22Cl2N4S. The number of aromatic nitrogens is 2. The first-order valence-electron chi connectivity index (χ1n) is 9.04. The Labute approximate surface area is 181 Å². The van der Waals surface area contributed by atoms with Crippen molar-refractivity contribution in [2.24, 2.45) is 0 Å². The standard InChI is InChI=1S/C21H22Cl2N4S/c1-16-5-2-3-6-17(16)14-27(11-4-10-26-12-9-24-15-26)21(28)25-20-8-7-18(22)13-19(20)23/h2-3,5-9,12-13,15H,4,10-11,14H2,1H3,(H,25,28). The summed E-state index contributed by atoms with van der Waals surface area (Å²) in [6.07, 6.45) is 6.53. The highest BCUT2D eigenvalue weighted by Gasteiger charge is 2.13. The zero-order chi connectivity index (χ0) is 19.9. The second-order valence-electron chi connectivity index (χ2n) is 6.56. The second kappa shape index (κ2) is 9.92. The maximum absolute atomic E-state index is 6.30. The Morgan fingerprint density at radius 3 is 2.75 bits per heavy atom. The number of hydrogen-bond donors (Lipinski definition) is 1. The lowest BCUT2D eigenvalue weighted by Crippen LogP contribution is -2.35. The van der Waals surface area contributed by atoms with Gasteiger partial charge in [0.05, 0.1) is 17.0 Å².